The van der Waals surface area contributed by atoms with Crippen molar-refractivity contribution < 1.29 is 8.42 Å². The van der Waals surface area contributed by atoms with E-state index in [9.17, 15) is 8.42 Å². The summed E-state index contributed by atoms with van der Waals surface area (Å²) in [5, 5.41) is 3.00. The van der Waals surface area contributed by atoms with Crippen LogP contribution in [0.5, 0.6) is 0 Å². The van der Waals surface area contributed by atoms with Gasteiger partial charge in [0.15, 0.2) is 5.82 Å². The predicted molar refractivity (Wildman–Crippen MR) is 64.3 cm³/mol. The van der Waals surface area contributed by atoms with Crippen LogP contribution >= 0.6 is 11.6 Å². The van der Waals surface area contributed by atoms with Crippen molar-refractivity contribution in [3.8, 4) is 0 Å². The van der Waals surface area contributed by atoms with Crippen LogP contribution in [0, 0.1) is 0 Å². The van der Waals surface area contributed by atoms with E-state index in [0.29, 0.717) is 24.5 Å². The van der Waals surface area contributed by atoms with Crippen LogP contribution < -0.4 is 11.1 Å². The maximum atomic E-state index is 10.9. The number of nitrogens with zero attached hydrogens (tertiary/aromatic N) is 2. The third-order valence-electron chi connectivity index (χ3n) is 1.77. The Morgan fingerprint density at radius 2 is 2.25 bits per heavy atom. The number of nitrogens with two attached hydrogens (primary N) is 1. The van der Waals surface area contributed by atoms with Crippen LogP contribution in [-0.2, 0) is 9.84 Å². The topological polar surface area (TPSA) is 98.0 Å². The monoisotopic (exact) mass is 264 g/mol. The van der Waals surface area contributed by atoms with Crippen molar-refractivity contribution in [3.05, 3.63) is 11.5 Å². The molecule has 16 heavy (non-hydrogen) atoms. The first kappa shape index (κ1) is 13.0. The molecule has 0 saturated carbocycles. The van der Waals surface area contributed by atoms with Gasteiger partial charge in [0.1, 0.15) is 9.84 Å². The Hall–Kier alpha value is -1.08. The number of nitrogens with one attached hydrogen (secondary N) is 1. The highest BCUT2D eigenvalue weighted by atomic mass is 35.5. The van der Waals surface area contributed by atoms with Gasteiger partial charge >= 0.3 is 0 Å². The van der Waals surface area contributed by atoms with E-state index in [1.165, 1.54) is 12.5 Å². The van der Waals surface area contributed by atoms with E-state index in [1.807, 2.05) is 0 Å². The van der Waals surface area contributed by atoms with Gasteiger partial charge in [0, 0.05) is 12.8 Å². The van der Waals surface area contributed by atoms with E-state index >= 15 is 0 Å². The average Bonchev–Trinajstić information content (AvgIpc) is 2.16. The van der Waals surface area contributed by atoms with Gasteiger partial charge < -0.3 is 11.1 Å². The largest absolute Gasteiger partial charge is 0.394 e. The van der Waals surface area contributed by atoms with E-state index in [4.69, 9.17) is 17.3 Å². The molecule has 0 radical (unpaired) electrons. The molecule has 3 N–H and O–H groups in total. The number of hydrogen-bond acceptors (Lipinski definition) is 6. The van der Waals surface area contributed by atoms with Crippen molar-refractivity contribution >= 4 is 32.9 Å². The molecule has 1 heterocycles. The van der Waals surface area contributed by atoms with E-state index in [0.717, 1.165) is 0 Å². The molecule has 8 heteroatoms. The second kappa shape index (κ2) is 5.31. The minimum atomic E-state index is -2.93. The fourth-order valence-corrected chi connectivity index (χ4v) is 1.85. The first-order chi connectivity index (χ1) is 7.38. The van der Waals surface area contributed by atoms with Gasteiger partial charge in [0.25, 0.3) is 0 Å². The van der Waals surface area contributed by atoms with Crippen LogP contribution in [0.3, 0.4) is 0 Å². The molecule has 0 aromatic carbocycles. The summed E-state index contributed by atoms with van der Waals surface area (Å²) in [6, 6.07) is 0. The number of halogens is 1. The lowest BCUT2D eigenvalue weighted by Crippen LogP contribution is -2.11. The summed E-state index contributed by atoms with van der Waals surface area (Å²) < 4.78 is 21.7. The summed E-state index contributed by atoms with van der Waals surface area (Å²) in [7, 11) is -2.93. The third-order valence-corrected chi connectivity index (χ3v) is 2.98. The van der Waals surface area contributed by atoms with Gasteiger partial charge in [-0.1, -0.05) is 0 Å². The van der Waals surface area contributed by atoms with Crippen molar-refractivity contribution in [3.63, 3.8) is 0 Å². The van der Waals surface area contributed by atoms with E-state index in [1.54, 1.807) is 0 Å². The minimum Gasteiger partial charge on any atom is -0.394 e. The highest BCUT2D eigenvalue weighted by molar-refractivity contribution is 7.90. The zero-order valence-electron chi connectivity index (χ0n) is 8.77. The van der Waals surface area contributed by atoms with Crippen molar-refractivity contribution in [2.24, 2.45) is 0 Å². The van der Waals surface area contributed by atoms with Gasteiger partial charge in [-0.2, -0.15) is 4.98 Å². The van der Waals surface area contributed by atoms with Crippen LogP contribution in [0.1, 0.15) is 6.42 Å². The molecule has 0 spiro atoms. The number of rotatable bonds is 5. The van der Waals surface area contributed by atoms with E-state index in [-0.39, 0.29) is 11.0 Å². The molecule has 0 bridgehead atoms. The van der Waals surface area contributed by atoms with Crippen molar-refractivity contribution in [1.29, 1.82) is 0 Å². The van der Waals surface area contributed by atoms with Crippen molar-refractivity contribution in [2.75, 3.05) is 29.6 Å². The van der Waals surface area contributed by atoms with Crippen LogP contribution in [-0.4, -0.2) is 36.9 Å². The number of aromatic nitrogens is 2. The second-order valence-electron chi connectivity index (χ2n) is 3.35. The molecule has 0 saturated heterocycles. The van der Waals surface area contributed by atoms with Crippen molar-refractivity contribution in [1.82, 2.24) is 9.97 Å². The molecule has 0 fully saturated rings. The maximum absolute atomic E-state index is 10.9. The lowest BCUT2D eigenvalue weighted by atomic mass is 10.4. The summed E-state index contributed by atoms with van der Waals surface area (Å²) in [4.78, 5) is 7.58. The zero-order valence-corrected chi connectivity index (χ0v) is 10.3. The Kier molecular flexibility index (Phi) is 4.31. The Morgan fingerprint density at radius 3 is 2.88 bits per heavy atom. The summed E-state index contributed by atoms with van der Waals surface area (Å²) >= 11 is 5.59. The summed E-state index contributed by atoms with van der Waals surface area (Å²) in [6.45, 7) is 0.463. The Bertz CT molecular complexity index is 463. The molecule has 1 rings (SSSR count). The predicted octanol–water partition coefficient (Wildman–Crippen LogP) is 0.559. The molecule has 0 aliphatic rings. The number of hydrogen-bond donors (Lipinski definition) is 2. The van der Waals surface area contributed by atoms with Gasteiger partial charge in [-0.25, -0.2) is 13.4 Å². The fraction of sp³-hybridized carbons (Fsp3) is 0.500. The minimum absolute atomic E-state index is 0.0970. The van der Waals surface area contributed by atoms with Gasteiger partial charge in [0.05, 0.1) is 17.6 Å². The van der Waals surface area contributed by atoms with E-state index in [2.05, 4.69) is 15.3 Å². The van der Waals surface area contributed by atoms with Crippen LogP contribution in [0.15, 0.2) is 6.20 Å². The van der Waals surface area contributed by atoms with Crippen LogP contribution in [0.4, 0.5) is 11.5 Å². The normalized spacial score (nSPS) is 11.4. The number of anilines is 2. The molecular weight excluding hydrogens is 252 g/mol. The third kappa shape index (κ3) is 4.63. The van der Waals surface area contributed by atoms with E-state index < -0.39 is 9.84 Å². The van der Waals surface area contributed by atoms with Crippen molar-refractivity contribution in [2.45, 2.75) is 6.42 Å². The maximum Gasteiger partial charge on any atom is 0.224 e. The van der Waals surface area contributed by atoms with Gasteiger partial charge in [-0.15, -0.1) is 0 Å². The number of sulfone groups is 1. The Balaban J connectivity index is 2.46. The molecule has 6 nitrogen and oxygen atoms in total. The first-order valence-corrected chi connectivity index (χ1v) is 7.02. The van der Waals surface area contributed by atoms with Gasteiger partial charge in [0.2, 0.25) is 5.28 Å². The lowest BCUT2D eigenvalue weighted by molar-refractivity contribution is 0.600. The second-order valence-corrected chi connectivity index (χ2v) is 5.95. The zero-order chi connectivity index (χ0) is 12.2. The average molecular weight is 265 g/mol. The first-order valence-electron chi connectivity index (χ1n) is 4.58. The summed E-state index contributed by atoms with van der Waals surface area (Å²) in [5.41, 5.74) is 5.97. The molecule has 90 valence electrons. The summed E-state index contributed by atoms with van der Waals surface area (Å²) in [6.07, 6.45) is 3.08. The molecule has 0 unspecified atom stereocenters. The molecular formula is C8H13ClN4O2S. The smallest absolute Gasteiger partial charge is 0.224 e. The fourth-order valence-electron chi connectivity index (χ4n) is 1.05. The molecule has 0 amide bonds. The molecule has 1 aromatic heterocycles. The van der Waals surface area contributed by atoms with Crippen LogP contribution in [0.2, 0.25) is 5.28 Å². The quantitative estimate of drug-likeness (QED) is 0.596. The van der Waals surface area contributed by atoms with Gasteiger partial charge in [-0.3, -0.25) is 0 Å². The molecule has 0 aliphatic carbocycles. The summed E-state index contributed by atoms with van der Waals surface area (Å²) in [5.74, 6) is 0.548. The molecule has 1 aromatic rings. The highest BCUT2D eigenvalue weighted by Gasteiger charge is 2.04. The van der Waals surface area contributed by atoms with Crippen LogP contribution in [0.25, 0.3) is 0 Å². The lowest BCUT2D eigenvalue weighted by Gasteiger charge is -2.07. The number of nitrogen functional groups attached to an aromatic ring is 1. The highest BCUT2D eigenvalue weighted by Crippen LogP contribution is 2.15. The molecule has 0 atom stereocenters. The standard InChI is InChI=1S/C8H13ClN4O2S/c1-16(14,15)4-2-3-11-7-6(10)5-12-8(9)13-7/h5H,2-4,10H2,1H3,(H,11,12,13). The Morgan fingerprint density at radius 1 is 1.56 bits per heavy atom. The molecule has 0 aliphatic heterocycles. The Labute approximate surface area is 99.1 Å². The SMILES string of the molecule is CS(=O)(=O)CCCNc1nc(Cl)ncc1N. The van der Waals surface area contributed by atoms with Gasteiger partial charge in [-0.05, 0) is 18.0 Å².